The smallest absolute Gasteiger partial charge is 0.255 e. The number of amides is 1. The Morgan fingerprint density at radius 3 is 2.70 bits per heavy atom. The van der Waals surface area contributed by atoms with Crippen LogP contribution in [-0.2, 0) is 6.54 Å². The van der Waals surface area contributed by atoms with E-state index in [1.807, 2.05) is 0 Å². The molecule has 3 aromatic rings. The normalized spacial score (nSPS) is 10.9. The number of rotatable bonds is 7. The number of nitrogens with one attached hydrogen (secondary N) is 2. The van der Waals surface area contributed by atoms with E-state index < -0.39 is 17.5 Å². The van der Waals surface area contributed by atoms with E-state index >= 15 is 0 Å². The Labute approximate surface area is 171 Å². The maximum absolute atomic E-state index is 13.4. The molecule has 3 rings (SSSR count). The number of carbonyl (C=O) groups is 1. The zero-order valence-corrected chi connectivity index (χ0v) is 16.0. The molecule has 4 N–H and O–H groups in total. The Bertz CT molecular complexity index is 1110. The minimum atomic E-state index is -0.990. The van der Waals surface area contributed by atoms with Gasteiger partial charge in [-0.1, -0.05) is 12.1 Å². The SMILES string of the molecule is COc1c(C(=O)NCc2ccco2)ccc(N)c1C(=N)/C=C/c1ccc(F)c(F)c1. The maximum Gasteiger partial charge on any atom is 0.255 e. The first-order valence-corrected chi connectivity index (χ1v) is 8.89. The number of ether oxygens (including phenoxy) is 1. The lowest BCUT2D eigenvalue weighted by molar-refractivity contribution is 0.0945. The van der Waals surface area contributed by atoms with Crippen LogP contribution in [0, 0.1) is 17.0 Å². The average molecular weight is 411 g/mol. The van der Waals surface area contributed by atoms with Crippen LogP contribution in [0.15, 0.2) is 59.2 Å². The van der Waals surface area contributed by atoms with Gasteiger partial charge >= 0.3 is 0 Å². The predicted octanol–water partition coefficient (Wildman–Crippen LogP) is 4.16. The van der Waals surface area contributed by atoms with E-state index in [2.05, 4.69) is 5.32 Å². The molecule has 0 aliphatic carbocycles. The molecule has 8 heteroatoms. The summed E-state index contributed by atoms with van der Waals surface area (Å²) in [4.78, 5) is 12.6. The third-order valence-corrected chi connectivity index (χ3v) is 4.30. The van der Waals surface area contributed by atoms with Crippen molar-refractivity contribution in [2.75, 3.05) is 12.8 Å². The maximum atomic E-state index is 13.4. The number of nitrogens with two attached hydrogens (primary N) is 1. The second-order valence-corrected chi connectivity index (χ2v) is 6.29. The zero-order chi connectivity index (χ0) is 21.7. The van der Waals surface area contributed by atoms with Gasteiger partial charge in [-0.3, -0.25) is 4.79 Å². The molecule has 6 nitrogen and oxygen atoms in total. The number of benzene rings is 2. The Hall–Kier alpha value is -3.94. The van der Waals surface area contributed by atoms with Gasteiger partial charge in [0, 0.05) is 5.69 Å². The second-order valence-electron chi connectivity index (χ2n) is 6.29. The van der Waals surface area contributed by atoms with Crippen LogP contribution in [-0.4, -0.2) is 18.7 Å². The van der Waals surface area contributed by atoms with Gasteiger partial charge < -0.3 is 25.6 Å². The molecular formula is C22H19F2N3O3. The Kier molecular flexibility index (Phi) is 6.26. The third kappa shape index (κ3) is 4.54. The van der Waals surface area contributed by atoms with Crippen molar-refractivity contribution in [3.05, 3.63) is 88.9 Å². The Balaban J connectivity index is 1.86. The fourth-order valence-corrected chi connectivity index (χ4v) is 2.82. The molecule has 0 unspecified atom stereocenters. The highest BCUT2D eigenvalue weighted by atomic mass is 19.2. The van der Waals surface area contributed by atoms with Gasteiger partial charge in [-0.05, 0) is 48.0 Å². The zero-order valence-electron chi connectivity index (χ0n) is 16.0. The number of halogens is 2. The predicted molar refractivity (Wildman–Crippen MR) is 110 cm³/mol. The van der Waals surface area contributed by atoms with Crippen LogP contribution in [0.5, 0.6) is 5.75 Å². The molecule has 0 aliphatic heterocycles. The summed E-state index contributed by atoms with van der Waals surface area (Å²) in [5.41, 5.74) is 6.96. The summed E-state index contributed by atoms with van der Waals surface area (Å²) in [7, 11) is 1.37. The van der Waals surface area contributed by atoms with Crippen molar-refractivity contribution in [3.63, 3.8) is 0 Å². The van der Waals surface area contributed by atoms with Gasteiger partial charge in [-0.2, -0.15) is 0 Å². The fraction of sp³-hybridized carbons (Fsp3) is 0.0909. The molecule has 1 amide bonds. The van der Waals surface area contributed by atoms with Crippen molar-refractivity contribution in [3.8, 4) is 5.75 Å². The Morgan fingerprint density at radius 1 is 1.23 bits per heavy atom. The standard InChI is InChI=1S/C22H19F2N3O3/c1-29-21-15(22(28)27-12-14-3-2-10-30-14)6-9-19(26)20(21)18(25)8-5-13-4-7-16(23)17(24)11-13/h2-11,25H,12,26H2,1H3,(H,27,28)/b8-5+,25-18?. The summed E-state index contributed by atoms with van der Waals surface area (Å²) in [6.07, 6.45) is 4.31. The van der Waals surface area contributed by atoms with Crippen LogP contribution >= 0.6 is 0 Å². The summed E-state index contributed by atoms with van der Waals surface area (Å²) in [5, 5.41) is 11.1. The summed E-state index contributed by atoms with van der Waals surface area (Å²) in [5.74, 6) is -1.66. The van der Waals surface area contributed by atoms with Crippen molar-refractivity contribution in [2.45, 2.75) is 6.54 Å². The summed E-state index contributed by atoms with van der Waals surface area (Å²) in [6, 6.07) is 9.83. The van der Waals surface area contributed by atoms with Gasteiger partial charge in [0.05, 0.1) is 36.8 Å². The van der Waals surface area contributed by atoms with Gasteiger partial charge in [0.1, 0.15) is 11.5 Å². The van der Waals surface area contributed by atoms with Gasteiger partial charge in [-0.25, -0.2) is 8.78 Å². The number of allylic oxidation sites excluding steroid dienone is 1. The first-order valence-electron chi connectivity index (χ1n) is 8.89. The highest BCUT2D eigenvalue weighted by Crippen LogP contribution is 2.30. The molecule has 0 saturated carbocycles. The third-order valence-electron chi connectivity index (χ3n) is 4.30. The largest absolute Gasteiger partial charge is 0.495 e. The minimum absolute atomic E-state index is 0.0604. The van der Waals surface area contributed by atoms with E-state index in [0.29, 0.717) is 11.3 Å². The number of methoxy groups -OCH3 is 1. The molecule has 154 valence electrons. The molecule has 0 bridgehead atoms. The molecule has 0 fully saturated rings. The molecule has 1 heterocycles. The number of nitrogen functional groups attached to an aromatic ring is 1. The lowest BCUT2D eigenvalue weighted by atomic mass is 10.0. The summed E-state index contributed by atoms with van der Waals surface area (Å²) >= 11 is 0. The van der Waals surface area contributed by atoms with Gasteiger partial charge in [0.25, 0.3) is 5.91 Å². The van der Waals surface area contributed by atoms with E-state index in [1.165, 1.54) is 43.7 Å². The lowest BCUT2D eigenvalue weighted by Gasteiger charge is -2.15. The van der Waals surface area contributed by atoms with Crippen LogP contribution in [0.3, 0.4) is 0 Å². The molecule has 2 aromatic carbocycles. The minimum Gasteiger partial charge on any atom is -0.495 e. The second kappa shape index (κ2) is 9.04. The van der Waals surface area contributed by atoms with Gasteiger partial charge in [0.15, 0.2) is 11.6 Å². The molecule has 0 saturated heterocycles. The van der Waals surface area contributed by atoms with E-state index in [1.54, 1.807) is 12.1 Å². The van der Waals surface area contributed by atoms with Crippen LogP contribution in [0.2, 0.25) is 0 Å². The lowest BCUT2D eigenvalue weighted by Crippen LogP contribution is -2.24. The number of furan rings is 1. The first-order chi connectivity index (χ1) is 14.4. The number of hydrogen-bond donors (Lipinski definition) is 3. The number of carbonyl (C=O) groups excluding carboxylic acids is 1. The summed E-state index contributed by atoms with van der Waals surface area (Å²) < 4.78 is 37.0. The van der Waals surface area contributed by atoms with Gasteiger partial charge in [-0.15, -0.1) is 0 Å². The van der Waals surface area contributed by atoms with E-state index in [0.717, 1.165) is 12.1 Å². The van der Waals surface area contributed by atoms with Crippen LogP contribution < -0.4 is 15.8 Å². The average Bonchev–Trinajstić information content (AvgIpc) is 3.26. The van der Waals surface area contributed by atoms with Crippen LogP contribution in [0.4, 0.5) is 14.5 Å². The Morgan fingerprint density at radius 2 is 2.03 bits per heavy atom. The van der Waals surface area contributed by atoms with E-state index in [-0.39, 0.29) is 34.8 Å². The van der Waals surface area contributed by atoms with Gasteiger partial charge in [0.2, 0.25) is 0 Å². The molecule has 1 aromatic heterocycles. The molecule has 0 spiro atoms. The van der Waals surface area contributed by atoms with Crippen LogP contribution in [0.1, 0.15) is 27.2 Å². The molecule has 0 radical (unpaired) electrons. The van der Waals surface area contributed by atoms with E-state index in [9.17, 15) is 13.6 Å². The molecule has 30 heavy (non-hydrogen) atoms. The van der Waals surface area contributed by atoms with Crippen molar-refractivity contribution in [1.29, 1.82) is 5.41 Å². The highest BCUT2D eigenvalue weighted by molar-refractivity contribution is 6.15. The number of hydrogen-bond acceptors (Lipinski definition) is 5. The number of anilines is 1. The molecule has 0 aliphatic rings. The van der Waals surface area contributed by atoms with Crippen molar-refractivity contribution < 1.29 is 22.7 Å². The fourth-order valence-electron chi connectivity index (χ4n) is 2.82. The monoisotopic (exact) mass is 411 g/mol. The molecule has 0 atom stereocenters. The van der Waals surface area contributed by atoms with E-state index in [4.69, 9.17) is 20.3 Å². The molecular weight excluding hydrogens is 392 g/mol. The highest BCUT2D eigenvalue weighted by Gasteiger charge is 2.20. The van der Waals surface area contributed by atoms with Crippen LogP contribution in [0.25, 0.3) is 6.08 Å². The quantitative estimate of drug-likeness (QED) is 0.401. The first kappa shape index (κ1) is 20.8. The topological polar surface area (TPSA) is 101 Å². The summed E-state index contributed by atoms with van der Waals surface area (Å²) in [6.45, 7) is 0.183. The van der Waals surface area contributed by atoms with Crippen molar-refractivity contribution in [1.82, 2.24) is 5.32 Å². The van der Waals surface area contributed by atoms with Crippen molar-refractivity contribution in [2.24, 2.45) is 0 Å². The van der Waals surface area contributed by atoms with Crippen molar-refractivity contribution >= 4 is 23.4 Å².